The summed E-state index contributed by atoms with van der Waals surface area (Å²) in [7, 11) is 0. The van der Waals surface area contributed by atoms with Gasteiger partial charge in [-0.15, -0.1) is 0 Å². The lowest BCUT2D eigenvalue weighted by Gasteiger charge is -2.33. The molecule has 0 spiro atoms. The van der Waals surface area contributed by atoms with E-state index in [1.807, 2.05) is 6.92 Å². The maximum absolute atomic E-state index is 10.1. The van der Waals surface area contributed by atoms with E-state index in [1.54, 1.807) is 0 Å². The van der Waals surface area contributed by atoms with Gasteiger partial charge in [0.15, 0.2) is 6.29 Å². The van der Waals surface area contributed by atoms with E-state index in [-0.39, 0.29) is 17.6 Å². The Morgan fingerprint density at radius 3 is 2.41 bits per heavy atom. The summed E-state index contributed by atoms with van der Waals surface area (Å²) in [6.07, 6.45) is 3.16. The Morgan fingerprint density at radius 2 is 2.00 bits per heavy atom. The van der Waals surface area contributed by atoms with Crippen LogP contribution in [0.5, 0.6) is 0 Å². The fraction of sp³-hybridized carbons (Fsp3) is 1.00. The molecule has 0 aromatic heterocycles. The summed E-state index contributed by atoms with van der Waals surface area (Å²) in [4.78, 5) is 0. The molecule has 1 saturated carbocycles. The molecule has 17 heavy (non-hydrogen) atoms. The summed E-state index contributed by atoms with van der Waals surface area (Å²) in [6.45, 7) is 8.40. The van der Waals surface area contributed by atoms with Gasteiger partial charge in [0, 0.05) is 12.3 Å². The Labute approximate surface area is 105 Å². The van der Waals surface area contributed by atoms with Crippen molar-refractivity contribution in [2.24, 2.45) is 11.8 Å². The lowest BCUT2D eigenvalue weighted by atomic mass is 9.95. The Bertz CT molecular complexity index is 230. The van der Waals surface area contributed by atoms with Crippen LogP contribution in [0.15, 0.2) is 0 Å². The number of hydrogen-bond donors (Lipinski definition) is 2. The first kappa shape index (κ1) is 14.9. The molecule has 0 amide bonds. The molecule has 1 aliphatic rings. The molecule has 1 aliphatic carbocycles. The SMILES string of the molecule is CCC1(OC(O)C(C)CC(C)C)CC[C@H](O)C1. The third-order valence-electron chi connectivity index (χ3n) is 3.89. The van der Waals surface area contributed by atoms with Gasteiger partial charge >= 0.3 is 0 Å². The molecular formula is C14H28O3. The van der Waals surface area contributed by atoms with Crippen molar-refractivity contribution in [3.05, 3.63) is 0 Å². The van der Waals surface area contributed by atoms with Crippen LogP contribution in [0.1, 0.15) is 59.8 Å². The van der Waals surface area contributed by atoms with Gasteiger partial charge in [-0.05, 0) is 31.6 Å². The fourth-order valence-electron chi connectivity index (χ4n) is 2.81. The smallest absolute Gasteiger partial charge is 0.157 e. The van der Waals surface area contributed by atoms with Crippen molar-refractivity contribution in [2.75, 3.05) is 0 Å². The summed E-state index contributed by atoms with van der Waals surface area (Å²) in [5.74, 6) is 0.714. The molecule has 3 nitrogen and oxygen atoms in total. The maximum Gasteiger partial charge on any atom is 0.157 e. The van der Waals surface area contributed by atoms with E-state index in [0.717, 1.165) is 25.7 Å². The van der Waals surface area contributed by atoms with E-state index in [9.17, 15) is 10.2 Å². The second kappa shape index (κ2) is 6.17. The second-order valence-electron chi connectivity index (χ2n) is 6.05. The Kier molecular flexibility index (Phi) is 5.42. The first-order chi connectivity index (χ1) is 7.88. The summed E-state index contributed by atoms with van der Waals surface area (Å²) in [5.41, 5.74) is -0.302. The van der Waals surface area contributed by atoms with Crippen LogP contribution in [0.3, 0.4) is 0 Å². The van der Waals surface area contributed by atoms with Crippen molar-refractivity contribution in [3.8, 4) is 0 Å². The van der Waals surface area contributed by atoms with E-state index >= 15 is 0 Å². The molecule has 1 fully saturated rings. The van der Waals surface area contributed by atoms with Crippen molar-refractivity contribution in [1.82, 2.24) is 0 Å². The van der Waals surface area contributed by atoms with E-state index < -0.39 is 6.29 Å². The minimum absolute atomic E-state index is 0.149. The number of aliphatic hydroxyl groups excluding tert-OH is 2. The zero-order chi connectivity index (χ0) is 13.1. The summed E-state index contributed by atoms with van der Waals surface area (Å²) < 4.78 is 5.88. The highest BCUT2D eigenvalue weighted by atomic mass is 16.6. The number of hydrogen-bond acceptors (Lipinski definition) is 3. The van der Waals surface area contributed by atoms with Gasteiger partial charge in [0.1, 0.15) is 0 Å². The average molecular weight is 244 g/mol. The standard InChI is InChI=1S/C14H28O3/c1-5-14(7-6-12(15)9-14)17-13(16)11(4)8-10(2)3/h10-13,15-16H,5-9H2,1-4H3/t11?,12-,13?,14?/m0/s1. The molecule has 0 aliphatic heterocycles. The fourth-order valence-corrected chi connectivity index (χ4v) is 2.81. The molecule has 0 heterocycles. The number of rotatable bonds is 6. The predicted octanol–water partition coefficient (Wildman–Crippen LogP) is 2.70. The normalized spacial score (nSPS) is 33.0. The molecule has 4 atom stereocenters. The van der Waals surface area contributed by atoms with Crippen LogP contribution in [-0.4, -0.2) is 28.2 Å². The molecule has 3 unspecified atom stereocenters. The minimum Gasteiger partial charge on any atom is -0.393 e. The summed E-state index contributed by atoms with van der Waals surface area (Å²) in [5, 5.41) is 19.7. The zero-order valence-corrected chi connectivity index (χ0v) is 11.6. The quantitative estimate of drug-likeness (QED) is 0.706. The van der Waals surface area contributed by atoms with Gasteiger partial charge in [-0.3, -0.25) is 0 Å². The molecule has 2 N–H and O–H groups in total. The van der Waals surface area contributed by atoms with Crippen LogP contribution in [0.25, 0.3) is 0 Å². The van der Waals surface area contributed by atoms with Gasteiger partial charge in [0.25, 0.3) is 0 Å². The summed E-state index contributed by atoms with van der Waals surface area (Å²) >= 11 is 0. The van der Waals surface area contributed by atoms with Crippen LogP contribution >= 0.6 is 0 Å². The van der Waals surface area contributed by atoms with E-state index in [2.05, 4.69) is 20.8 Å². The molecule has 102 valence electrons. The Morgan fingerprint density at radius 1 is 1.35 bits per heavy atom. The van der Waals surface area contributed by atoms with Crippen molar-refractivity contribution in [2.45, 2.75) is 77.8 Å². The van der Waals surface area contributed by atoms with E-state index in [4.69, 9.17) is 4.74 Å². The molecule has 0 aromatic carbocycles. The van der Waals surface area contributed by atoms with Crippen LogP contribution in [0.2, 0.25) is 0 Å². The van der Waals surface area contributed by atoms with Crippen LogP contribution < -0.4 is 0 Å². The van der Waals surface area contributed by atoms with Gasteiger partial charge in [0.2, 0.25) is 0 Å². The molecule has 1 rings (SSSR count). The molecule has 3 heteroatoms. The lowest BCUT2D eigenvalue weighted by Crippen LogP contribution is -2.37. The largest absolute Gasteiger partial charge is 0.393 e. The van der Waals surface area contributed by atoms with E-state index in [1.165, 1.54) is 0 Å². The average Bonchev–Trinajstić information content (AvgIpc) is 2.59. The predicted molar refractivity (Wildman–Crippen MR) is 68.6 cm³/mol. The van der Waals surface area contributed by atoms with Gasteiger partial charge in [-0.2, -0.15) is 0 Å². The lowest BCUT2D eigenvalue weighted by molar-refractivity contribution is -0.209. The van der Waals surface area contributed by atoms with Crippen LogP contribution in [-0.2, 0) is 4.74 Å². The Hall–Kier alpha value is -0.120. The van der Waals surface area contributed by atoms with Crippen LogP contribution in [0, 0.1) is 11.8 Å². The second-order valence-corrected chi connectivity index (χ2v) is 6.05. The highest BCUT2D eigenvalue weighted by Crippen LogP contribution is 2.38. The molecular weight excluding hydrogens is 216 g/mol. The molecule has 0 aromatic rings. The first-order valence-electron chi connectivity index (χ1n) is 6.92. The molecule has 0 bridgehead atoms. The number of ether oxygens (including phenoxy) is 1. The van der Waals surface area contributed by atoms with E-state index in [0.29, 0.717) is 12.3 Å². The third-order valence-corrected chi connectivity index (χ3v) is 3.89. The topological polar surface area (TPSA) is 49.7 Å². The van der Waals surface area contributed by atoms with Crippen molar-refractivity contribution in [1.29, 1.82) is 0 Å². The van der Waals surface area contributed by atoms with Gasteiger partial charge in [-0.25, -0.2) is 0 Å². The van der Waals surface area contributed by atoms with Gasteiger partial charge in [-0.1, -0.05) is 27.7 Å². The minimum atomic E-state index is -0.706. The van der Waals surface area contributed by atoms with Crippen molar-refractivity contribution < 1.29 is 14.9 Å². The Balaban J connectivity index is 2.50. The molecule has 0 saturated heterocycles. The van der Waals surface area contributed by atoms with Gasteiger partial charge in [0.05, 0.1) is 11.7 Å². The summed E-state index contributed by atoms with van der Waals surface area (Å²) in [6, 6.07) is 0. The third kappa shape index (κ3) is 4.23. The highest BCUT2D eigenvalue weighted by Gasteiger charge is 2.40. The maximum atomic E-state index is 10.1. The first-order valence-corrected chi connectivity index (χ1v) is 6.92. The zero-order valence-electron chi connectivity index (χ0n) is 11.6. The number of aliphatic hydroxyl groups is 2. The highest BCUT2D eigenvalue weighted by molar-refractivity contribution is 4.90. The van der Waals surface area contributed by atoms with Crippen molar-refractivity contribution >= 4 is 0 Å². The van der Waals surface area contributed by atoms with Crippen LogP contribution in [0.4, 0.5) is 0 Å². The van der Waals surface area contributed by atoms with Crippen molar-refractivity contribution in [3.63, 3.8) is 0 Å². The van der Waals surface area contributed by atoms with Gasteiger partial charge < -0.3 is 14.9 Å². The monoisotopic (exact) mass is 244 g/mol. The molecule has 0 radical (unpaired) electrons.